The SMILES string of the molecule is CCNC(=NCCc1ccc(OCC(N)=O)cc1)N1CCC(Cc2ccccc2)CC1.I. The van der Waals surface area contributed by atoms with Gasteiger partial charge >= 0.3 is 0 Å². The van der Waals surface area contributed by atoms with Crippen molar-refractivity contribution in [2.24, 2.45) is 16.6 Å². The third kappa shape index (κ3) is 8.68. The van der Waals surface area contributed by atoms with Gasteiger partial charge < -0.3 is 20.7 Å². The minimum atomic E-state index is -0.474. The zero-order valence-electron chi connectivity index (χ0n) is 18.8. The van der Waals surface area contributed by atoms with Gasteiger partial charge in [0.15, 0.2) is 12.6 Å². The van der Waals surface area contributed by atoms with Crippen LogP contribution >= 0.6 is 24.0 Å². The molecular formula is C25H35IN4O2. The van der Waals surface area contributed by atoms with E-state index in [0.717, 1.165) is 44.5 Å². The number of rotatable bonds is 9. The lowest BCUT2D eigenvalue weighted by molar-refractivity contribution is -0.119. The molecule has 1 aliphatic heterocycles. The Morgan fingerprint density at radius 3 is 2.41 bits per heavy atom. The molecule has 6 nitrogen and oxygen atoms in total. The fraction of sp³-hybridized carbons (Fsp3) is 0.440. The Bertz CT molecular complexity index is 835. The third-order valence-corrected chi connectivity index (χ3v) is 5.58. The van der Waals surface area contributed by atoms with Crippen molar-refractivity contribution < 1.29 is 9.53 Å². The highest BCUT2D eigenvalue weighted by Gasteiger charge is 2.21. The molecule has 3 N–H and O–H groups in total. The van der Waals surface area contributed by atoms with Crippen molar-refractivity contribution in [2.45, 2.75) is 32.6 Å². The van der Waals surface area contributed by atoms with Crippen LogP contribution in [0.1, 0.15) is 30.9 Å². The summed E-state index contributed by atoms with van der Waals surface area (Å²) in [6, 6.07) is 18.5. The number of nitrogens with one attached hydrogen (secondary N) is 1. The van der Waals surface area contributed by atoms with E-state index < -0.39 is 5.91 Å². The molecule has 0 aromatic heterocycles. The van der Waals surface area contributed by atoms with E-state index in [-0.39, 0.29) is 30.6 Å². The first-order valence-electron chi connectivity index (χ1n) is 11.2. The lowest BCUT2D eigenvalue weighted by Crippen LogP contribution is -2.46. The number of carbonyl (C=O) groups is 1. The van der Waals surface area contributed by atoms with Crippen LogP contribution in [0.3, 0.4) is 0 Å². The molecule has 1 amide bonds. The first kappa shape index (κ1) is 26.0. The summed E-state index contributed by atoms with van der Waals surface area (Å²) in [7, 11) is 0. The number of carbonyl (C=O) groups excluding carboxylic acids is 1. The zero-order chi connectivity index (χ0) is 21.9. The van der Waals surface area contributed by atoms with E-state index in [1.807, 2.05) is 24.3 Å². The molecule has 2 aromatic carbocycles. The molecule has 3 rings (SSSR count). The molecule has 1 aliphatic rings. The summed E-state index contributed by atoms with van der Waals surface area (Å²) in [6.07, 6.45) is 4.43. The molecule has 0 atom stereocenters. The molecule has 0 bridgehead atoms. The van der Waals surface area contributed by atoms with Gasteiger partial charge in [-0.25, -0.2) is 0 Å². The number of nitrogens with two attached hydrogens (primary N) is 1. The number of ether oxygens (including phenoxy) is 1. The van der Waals surface area contributed by atoms with Gasteiger partial charge in [0.2, 0.25) is 0 Å². The van der Waals surface area contributed by atoms with Crippen LogP contribution in [0.5, 0.6) is 5.75 Å². The Kier molecular flexibility index (Phi) is 11.3. The number of hydrogen-bond acceptors (Lipinski definition) is 3. The number of primary amides is 1. The summed E-state index contributed by atoms with van der Waals surface area (Å²) >= 11 is 0. The lowest BCUT2D eigenvalue weighted by atomic mass is 9.90. The molecule has 2 aromatic rings. The van der Waals surface area contributed by atoms with Gasteiger partial charge in [0, 0.05) is 26.2 Å². The van der Waals surface area contributed by atoms with Crippen molar-refractivity contribution in [2.75, 3.05) is 32.8 Å². The number of benzene rings is 2. The summed E-state index contributed by atoms with van der Waals surface area (Å²) in [5.41, 5.74) is 7.73. The molecule has 7 heteroatoms. The average molecular weight is 550 g/mol. The summed E-state index contributed by atoms with van der Waals surface area (Å²) in [4.78, 5) is 18.1. The molecule has 1 fully saturated rings. The van der Waals surface area contributed by atoms with Crippen LogP contribution in [0.25, 0.3) is 0 Å². The minimum Gasteiger partial charge on any atom is -0.484 e. The Hall–Kier alpha value is -2.29. The first-order chi connectivity index (χ1) is 15.1. The van der Waals surface area contributed by atoms with Gasteiger partial charge in [-0.1, -0.05) is 42.5 Å². The van der Waals surface area contributed by atoms with Gasteiger partial charge in [0.05, 0.1) is 0 Å². The molecule has 1 heterocycles. The quantitative estimate of drug-likeness (QED) is 0.284. The van der Waals surface area contributed by atoms with Gasteiger partial charge in [-0.3, -0.25) is 9.79 Å². The van der Waals surface area contributed by atoms with E-state index >= 15 is 0 Å². The molecule has 0 unspecified atom stereocenters. The van der Waals surface area contributed by atoms with Gasteiger partial charge in [-0.15, -0.1) is 24.0 Å². The molecule has 0 saturated carbocycles. The second-order valence-corrected chi connectivity index (χ2v) is 8.00. The van der Waals surface area contributed by atoms with Crippen LogP contribution in [-0.4, -0.2) is 49.6 Å². The molecule has 0 radical (unpaired) electrons. The lowest BCUT2D eigenvalue weighted by Gasteiger charge is -2.34. The minimum absolute atomic E-state index is 0. The second-order valence-electron chi connectivity index (χ2n) is 8.00. The van der Waals surface area contributed by atoms with Crippen molar-refractivity contribution in [1.29, 1.82) is 0 Å². The van der Waals surface area contributed by atoms with Crippen molar-refractivity contribution in [3.63, 3.8) is 0 Å². The fourth-order valence-corrected chi connectivity index (χ4v) is 3.92. The largest absolute Gasteiger partial charge is 0.484 e. The van der Waals surface area contributed by atoms with Crippen molar-refractivity contribution in [3.8, 4) is 5.75 Å². The number of nitrogens with zero attached hydrogens (tertiary/aromatic N) is 2. The maximum Gasteiger partial charge on any atom is 0.255 e. The third-order valence-electron chi connectivity index (χ3n) is 5.58. The predicted octanol–water partition coefficient (Wildman–Crippen LogP) is 3.63. The first-order valence-corrected chi connectivity index (χ1v) is 11.2. The van der Waals surface area contributed by atoms with E-state index in [4.69, 9.17) is 15.5 Å². The Balaban J connectivity index is 0.00000363. The van der Waals surface area contributed by atoms with Gasteiger partial charge in [0.25, 0.3) is 5.91 Å². The van der Waals surface area contributed by atoms with Crippen molar-refractivity contribution in [1.82, 2.24) is 10.2 Å². The normalized spacial score (nSPS) is 14.5. The van der Waals surface area contributed by atoms with E-state index in [2.05, 4.69) is 47.5 Å². The molecule has 174 valence electrons. The molecular weight excluding hydrogens is 515 g/mol. The standard InChI is InChI=1S/C25H34N4O2.HI/c1-2-27-25(28-15-12-20-8-10-23(11-9-20)31-19-24(26)30)29-16-13-22(14-17-29)18-21-6-4-3-5-7-21;/h3-11,22H,2,12-19H2,1H3,(H2,26,30)(H,27,28);1H. The summed E-state index contributed by atoms with van der Waals surface area (Å²) in [5.74, 6) is 1.94. The number of guanidine groups is 1. The van der Waals surface area contributed by atoms with Crippen LogP contribution in [0.4, 0.5) is 0 Å². The van der Waals surface area contributed by atoms with Crippen LogP contribution in [0.15, 0.2) is 59.6 Å². The Morgan fingerprint density at radius 1 is 1.09 bits per heavy atom. The Labute approximate surface area is 208 Å². The zero-order valence-corrected chi connectivity index (χ0v) is 21.2. The van der Waals surface area contributed by atoms with Gasteiger partial charge in [-0.2, -0.15) is 0 Å². The topological polar surface area (TPSA) is 80.0 Å². The molecule has 1 saturated heterocycles. The predicted molar refractivity (Wildman–Crippen MR) is 141 cm³/mol. The van der Waals surface area contributed by atoms with Crippen LogP contribution in [-0.2, 0) is 17.6 Å². The number of halogens is 1. The summed E-state index contributed by atoms with van der Waals surface area (Å²) in [5, 5.41) is 3.45. The smallest absolute Gasteiger partial charge is 0.255 e. The van der Waals surface area contributed by atoms with Gasteiger partial charge in [-0.05, 0) is 61.8 Å². The summed E-state index contributed by atoms with van der Waals surface area (Å²) in [6.45, 7) is 5.72. The van der Waals surface area contributed by atoms with Crippen LogP contribution < -0.4 is 15.8 Å². The highest BCUT2D eigenvalue weighted by atomic mass is 127. The van der Waals surface area contributed by atoms with Gasteiger partial charge in [0.1, 0.15) is 5.75 Å². The Morgan fingerprint density at radius 2 is 1.78 bits per heavy atom. The average Bonchev–Trinajstić information content (AvgIpc) is 2.79. The maximum absolute atomic E-state index is 10.8. The summed E-state index contributed by atoms with van der Waals surface area (Å²) < 4.78 is 5.30. The number of hydrogen-bond donors (Lipinski definition) is 2. The van der Waals surface area contributed by atoms with E-state index in [0.29, 0.717) is 5.75 Å². The van der Waals surface area contributed by atoms with E-state index in [9.17, 15) is 4.79 Å². The van der Waals surface area contributed by atoms with E-state index in [1.165, 1.54) is 30.4 Å². The monoisotopic (exact) mass is 550 g/mol. The second kappa shape index (κ2) is 14.0. The number of piperidine rings is 1. The van der Waals surface area contributed by atoms with Crippen molar-refractivity contribution >= 4 is 35.8 Å². The number of aliphatic imine (C=N–C) groups is 1. The van der Waals surface area contributed by atoms with Crippen molar-refractivity contribution in [3.05, 3.63) is 65.7 Å². The highest BCUT2D eigenvalue weighted by Crippen LogP contribution is 2.21. The molecule has 32 heavy (non-hydrogen) atoms. The highest BCUT2D eigenvalue weighted by molar-refractivity contribution is 14.0. The molecule has 0 spiro atoms. The van der Waals surface area contributed by atoms with Crippen LogP contribution in [0.2, 0.25) is 0 Å². The van der Waals surface area contributed by atoms with E-state index in [1.54, 1.807) is 0 Å². The molecule has 0 aliphatic carbocycles. The maximum atomic E-state index is 10.8. The van der Waals surface area contributed by atoms with Crippen LogP contribution in [0, 0.1) is 5.92 Å². The fourth-order valence-electron chi connectivity index (χ4n) is 3.92. The number of amides is 1. The number of likely N-dealkylation sites (tertiary alicyclic amines) is 1.